The standard InChI is InChI=1S/C21H13Cl2FN2O3/c22-13-3-7-18(16(23)9-13)28-11-20(27)25-15-6-8-19-17(10-15)26-21(29-19)12-1-4-14(24)5-2-12/h1-10H,11H2,(H,25,27). The largest absolute Gasteiger partial charge is 0.482 e. The van der Waals surface area contributed by atoms with Crippen molar-refractivity contribution in [3.63, 3.8) is 0 Å². The van der Waals surface area contributed by atoms with Crippen molar-refractivity contribution in [1.82, 2.24) is 4.98 Å². The summed E-state index contributed by atoms with van der Waals surface area (Å²) < 4.78 is 24.2. The van der Waals surface area contributed by atoms with E-state index in [4.69, 9.17) is 32.4 Å². The number of hydrogen-bond acceptors (Lipinski definition) is 4. The van der Waals surface area contributed by atoms with Crippen LogP contribution in [0.25, 0.3) is 22.6 Å². The molecule has 0 spiro atoms. The Hall–Kier alpha value is -3.09. The molecule has 3 aromatic carbocycles. The number of fused-ring (bicyclic) bond motifs is 1. The van der Waals surface area contributed by atoms with Crippen molar-refractivity contribution in [1.29, 1.82) is 0 Å². The topological polar surface area (TPSA) is 64.4 Å². The van der Waals surface area contributed by atoms with Crippen LogP contribution in [-0.2, 0) is 4.79 Å². The summed E-state index contributed by atoms with van der Waals surface area (Å²) in [6.07, 6.45) is 0. The quantitative estimate of drug-likeness (QED) is 0.424. The highest BCUT2D eigenvalue weighted by atomic mass is 35.5. The molecule has 1 aromatic heterocycles. The SMILES string of the molecule is O=C(COc1ccc(Cl)cc1Cl)Nc1ccc2oc(-c3ccc(F)cc3)nc2c1. The Morgan fingerprint density at radius 3 is 2.62 bits per heavy atom. The molecular formula is C21H13Cl2FN2O3. The maximum atomic E-state index is 13.1. The molecule has 0 radical (unpaired) electrons. The molecule has 0 aliphatic carbocycles. The van der Waals surface area contributed by atoms with Crippen LogP contribution in [0, 0.1) is 5.82 Å². The molecule has 0 saturated carbocycles. The summed E-state index contributed by atoms with van der Waals surface area (Å²) in [5.41, 5.74) is 2.30. The van der Waals surface area contributed by atoms with Crippen molar-refractivity contribution >= 4 is 45.9 Å². The molecular weight excluding hydrogens is 418 g/mol. The van der Waals surface area contributed by atoms with Gasteiger partial charge in [-0.05, 0) is 60.7 Å². The van der Waals surface area contributed by atoms with Crippen LogP contribution >= 0.6 is 23.2 Å². The van der Waals surface area contributed by atoms with E-state index >= 15 is 0 Å². The molecule has 146 valence electrons. The second-order valence-corrected chi connectivity index (χ2v) is 6.96. The van der Waals surface area contributed by atoms with Crippen molar-refractivity contribution < 1.29 is 18.3 Å². The van der Waals surface area contributed by atoms with Gasteiger partial charge in [-0.2, -0.15) is 0 Å². The lowest BCUT2D eigenvalue weighted by atomic mass is 10.2. The zero-order valence-corrected chi connectivity index (χ0v) is 16.3. The Bertz CT molecular complexity index is 1190. The fourth-order valence-corrected chi connectivity index (χ4v) is 3.12. The third-order valence-electron chi connectivity index (χ3n) is 4.02. The number of nitrogens with zero attached hydrogens (tertiary/aromatic N) is 1. The van der Waals surface area contributed by atoms with E-state index in [-0.39, 0.29) is 18.3 Å². The maximum absolute atomic E-state index is 13.1. The summed E-state index contributed by atoms with van der Waals surface area (Å²) in [6.45, 7) is -0.223. The zero-order chi connectivity index (χ0) is 20.4. The Labute approximate surface area is 175 Å². The summed E-state index contributed by atoms with van der Waals surface area (Å²) in [7, 11) is 0. The minimum absolute atomic E-state index is 0.223. The number of nitrogens with one attached hydrogen (secondary N) is 1. The molecule has 0 fully saturated rings. The minimum atomic E-state index is -0.363. The predicted molar refractivity (Wildman–Crippen MR) is 110 cm³/mol. The molecule has 0 saturated heterocycles. The fourth-order valence-electron chi connectivity index (χ4n) is 2.65. The smallest absolute Gasteiger partial charge is 0.262 e. The molecule has 1 heterocycles. The lowest BCUT2D eigenvalue weighted by Gasteiger charge is -2.09. The van der Waals surface area contributed by atoms with Gasteiger partial charge in [-0.15, -0.1) is 0 Å². The van der Waals surface area contributed by atoms with E-state index in [1.54, 1.807) is 42.5 Å². The van der Waals surface area contributed by atoms with Gasteiger partial charge in [0, 0.05) is 16.3 Å². The van der Waals surface area contributed by atoms with Crippen LogP contribution in [0.4, 0.5) is 10.1 Å². The summed E-state index contributed by atoms with van der Waals surface area (Å²) in [5, 5.41) is 3.53. The summed E-state index contributed by atoms with van der Waals surface area (Å²) in [5.74, 6) is 0.0286. The molecule has 0 bridgehead atoms. The van der Waals surface area contributed by atoms with Gasteiger partial charge in [0.1, 0.15) is 17.1 Å². The van der Waals surface area contributed by atoms with Crippen LogP contribution < -0.4 is 10.1 Å². The molecule has 29 heavy (non-hydrogen) atoms. The van der Waals surface area contributed by atoms with Gasteiger partial charge in [0.15, 0.2) is 12.2 Å². The van der Waals surface area contributed by atoms with Crippen molar-refractivity contribution in [3.05, 3.63) is 76.5 Å². The number of hydrogen-bond donors (Lipinski definition) is 1. The molecule has 5 nitrogen and oxygen atoms in total. The Balaban J connectivity index is 1.45. The lowest BCUT2D eigenvalue weighted by Crippen LogP contribution is -2.20. The second kappa shape index (κ2) is 8.11. The van der Waals surface area contributed by atoms with Gasteiger partial charge >= 0.3 is 0 Å². The number of aromatic nitrogens is 1. The first-order chi connectivity index (χ1) is 14.0. The molecule has 0 atom stereocenters. The third-order valence-corrected chi connectivity index (χ3v) is 4.55. The molecule has 8 heteroatoms. The number of benzene rings is 3. The molecule has 4 aromatic rings. The number of ether oxygens (including phenoxy) is 1. The minimum Gasteiger partial charge on any atom is -0.482 e. The summed E-state index contributed by atoms with van der Waals surface area (Å²) in [6, 6.07) is 15.7. The first-order valence-corrected chi connectivity index (χ1v) is 9.28. The van der Waals surface area contributed by atoms with E-state index in [0.29, 0.717) is 44.0 Å². The number of halogens is 3. The lowest BCUT2D eigenvalue weighted by molar-refractivity contribution is -0.118. The second-order valence-electron chi connectivity index (χ2n) is 6.12. The van der Waals surface area contributed by atoms with Crippen molar-refractivity contribution in [3.8, 4) is 17.2 Å². The van der Waals surface area contributed by atoms with Gasteiger partial charge in [0.25, 0.3) is 5.91 Å². The number of carbonyl (C=O) groups is 1. The first kappa shape index (κ1) is 19.2. The van der Waals surface area contributed by atoms with Gasteiger partial charge in [0.05, 0.1) is 5.02 Å². The van der Waals surface area contributed by atoms with Gasteiger partial charge in [-0.3, -0.25) is 4.79 Å². The van der Waals surface area contributed by atoms with E-state index in [1.807, 2.05) is 0 Å². The highest BCUT2D eigenvalue weighted by molar-refractivity contribution is 6.35. The van der Waals surface area contributed by atoms with Crippen LogP contribution in [-0.4, -0.2) is 17.5 Å². The number of oxazole rings is 1. The van der Waals surface area contributed by atoms with Crippen LogP contribution in [0.1, 0.15) is 0 Å². The predicted octanol–water partition coefficient (Wildman–Crippen LogP) is 5.96. The fraction of sp³-hybridized carbons (Fsp3) is 0.0476. The normalized spacial score (nSPS) is 10.9. The van der Waals surface area contributed by atoms with E-state index < -0.39 is 0 Å². The van der Waals surface area contributed by atoms with Crippen molar-refractivity contribution in [2.45, 2.75) is 0 Å². The van der Waals surface area contributed by atoms with Crippen LogP contribution in [0.2, 0.25) is 10.0 Å². The Kier molecular flexibility index (Phi) is 5.38. The Morgan fingerprint density at radius 1 is 1.07 bits per heavy atom. The highest BCUT2D eigenvalue weighted by Crippen LogP contribution is 2.28. The van der Waals surface area contributed by atoms with Crippen LogP contribution in [0.3, 0.4) is 0 Å². The molecule has 1 amide bonds. The zero-order valence-electron chi connectivity index (χ0n) is 14.8. The number of anilines is 1. The van der Waals surface area contributed by atoms with E-state index in [2.05, 4.69) is 10.3 Å². The number of carbonyl (C=O) groups excluding carboxylic acids is 1. The van der Waals surface area contributed by atoms with Crippen LogP contribution in [0.15, 0.2) is 65.1 Å². The van der Waals surface area contributed by atoms with Gasteiger partial charge in [0.2, 0.25) is 5.89 Å². The molecule has 0 aliphatic rings. The van der Waals surface area contributed by atoms with Gasteiger partial charge < -0.3 is 14.5 Å². The average Bonchev–Trinajstić information content (AvgIpc) is 3.11. The molecule has 4 rings (SSSR count). The average molecular weight is 431 g/mol. The number of rotatable bonds is 5. The van der Waals surface area contributed by atoms with Gasteiger partial charge in [-0.1, -0.05) is 23.2 Å². The van der Waals surface area contributed by atoms with Gasteiger partial charge in [-0.25, -0.2) is 9.37 Å². The number of amides is 1. The molecule has 0 unspecified atom stereocenters. The maximum Gasteiger partial charge on any atom is 0.262 e. The van der Waals surface area contributed by atoms with Crippen molar-refractivity contribution in [2.75, 3.05) is 11.9 Å². The van der Waals surface area contributed by atoms with E-state index in [1.165, 1.54) is 18.2 Å². The molecule has 1 N–H and O–H groups in total. The third kappa shape index (κ3) is 4.50. The first-order valence-electron chi connectivity index (χ1n) is 8.52. The summed E-state index contributed by atoms with van der Waals surface area (Å²) >= 11 is 11.9. The van der Waals surface area contributed by atoms with Crippen molar-refractivity contribution in [2.24, 2.45) is 0 Å². The van der Waals surface area contributed by atoms with E-state index in [0.717, 1.165) is 0 Å². The monoisotopic (exact) mass is 430 g/mol. The molecule has 0 aliphatic heterocycles. The van der Waals surface area contributed by atoms with Crippen LogP contribution in [0.5, 0.6) is 5.75 Å². The Morgan fingerprint density at radius 2 is 1.86 bits per heavy atom. The van der Waals surface area contributed by atoms with E-state index in [9.17, 15) is 9.18 Å². The highest BCUT2D eigenvalue weighted by Gasteiger charge is 2.11. The summed E-state index contributed by atoms with van der Waals surface area (Å²) in [4.78, 5) is 16.6.